The molecule has 2 aromatic carbocycles. The third-order valence-electron chi connectivity index (χ3n) is 3.96. The van der Waals surface area contributed by atoms with Crippen LogP contribution in [0, 0.1) is 0 Å². The second kappa shape index (κ2) is 8.00. The van der Waals surface area contributed by atoms with E-state index >= 15 is 0 Å². The molecule has 0 heterocycles. The molecule has 7 heteroatoms. The van der Waals surface area contributed by atoms with Crippen LogP contribution in [0.25, 0.3) is 0 Å². The number of carboxylic acids is 1. The van der Waals surface area contributed by atoms with Crippen molar-refractivity contribution < 1.29 is 23.1 Å². The molecule has 0 spiro atoms. The number of sulfonamides is 1. The highest BCUT2D eigenvalue weighted by Crippen LogP contribution is 2.32. The molecule has 0 saturated carbocycles. The SMILES string of the molecule is CCCOc1ccc(C(C)(C)C)cc1S(=O)(=O)Nc1ccccc1C(=O)O. The summed E-state index contributed by atoms with van der Waals surface area (Å²) in [6.07, 6.45) is 0.732. The van der Waals surface area contributed by atoms with Gasteiger partial charge in [-0.1, -0.05) is 45.9 Å². The molecule has 0 amide bonds. The van der Waals surface area contributed by atoms with Gasteiger partial charge in [-0.05, 0) is 41.7 Å². The fourth-order valence-electron chi connectivity index (χ4n) is 2.47. The second-order valence-electron chi connectivity index (χ2n) is 7.22. The van der Waals surface area contributed by atoms with E-state index in [1.807, 2.05) is 33.8 Å². The predicted molar refractivity (Wildman–Crippen MR) is 105 cm³/mol. The zero-order valence-electron chi connectivity index (χ0n) is 15.9. The molecule has 0 radical (unpaired) electrons. The highest BCUT2D eigenvalue weighted by Gasteiger charge is 2.25. The lowest BCUT2D eigenvalue weighted by Crippen LogP contribution is -2.19. The van der Waals surface area contributed by atoms with Gasteiger partial charge in [-0.2, -0.15) is 0 Å². The Balaban J connectivity index is 2.54. The Morgan fingerprint density at radius 3 is 2.41 bits per heavy atom. The minimum absolute atomic E-state index is 0.00704. The molecule has 0 bridgehead atoms. The van der Waals surface area contributed by atoms with Crippen LogP contribution in [-0.4, -0.2) is 26.1 Å². The van der Waals surface area contributed by atoms with Gasteiger partial charge in [-0.3, -0.25) is 4.72 Å². The average Bonchev–Trinajstić information content (AvgIpc) is 2.58. The van der Waals surface area contributed by atoms with Crippen LogP contribution in [-0.2, 0) is 15.4 Å². The first-order chi connectivity index (χ1) is 12.6. The number of rotatable bonds is 7. The Hall–Kier alpha value is -2.54. The van der Waals surface area contributed by atoms with Gasteiger partial charge in [0, 0.05) is 0 Å². The smallest absolute Gasteiger partial charge is 0.337 e. The lowest BCUT2D eigenvalue weighted by atomic mass is 9.87. The van der Waals surface area contributed by atoms with E-state index in [1.54, 1.807) is 18.2 Å². The van der Waals surface area contributed by atoms with Crippen molar-refractivity contribution in [3.8, 4) is 5.75 Å². The number of nitrogens with one attached hydrogen (secondary N) is 1. The van der Waals surface area contributed by atoms with Gasteiger partial charge < -0.3 is 9.84 Å². The molecule has 0 fully saturated rings. The second-order valence-corrected chi connectivity index (χ2v) is 8.87. The van der Waals surface area contributed by atoms with Crippen molar-refractivity contribution in [2.24, 2.45) is 0 Å². The van der Waals surface area contributed by atoms with Crippen molar-refractivity contribution in [3.05, 3.63) is 53.6 Å². The van der Waals surface area contributed by atoms with Gasteiger partial charge in [0.05, 0.1) is 17.9 Å². The number of para-hydroxylation sites is 1. The molecule has 0 saturated heterocycles. The van der Waals surface area contributed by atoms with Crippen LogP contribution in [0.1, 0.15) is 50.0 Å². The molecule has 6 nitrogen and oxygen atoms in total. The quantitative estimate of drug-likeness (QED) is 0.735. The third-order valence-corrected chi connectivity index (χ3v) is 5.35. The van der Waals surface area contributed by atoms with Gasteiger partial charge in [0.2, 0.25) is 0 Å². The van der Waals surface area contributed by atoms with Gasteiger partial charge in [0.1, 0.15) is 10.6 Å². The van der Waals surface area contributed by atoms with Gasteiger partial charge in [-0.15, -0.1) is 0 Å². The Bertz CT molecular complexity index is 930. The van der Waals surface area contributed by atoms with Crippen molar-refractivity contribution in [3.63, 3.8) is 0 Å². The van der Waals surface area contributed by atoms with Crippen LogP contribution < -0.4 is 9.46 Å². The van der Waals surface area contributed by atoms with Crippen LogP contribution in [0.3, 0.4) is 0 Å². The maximum absolute atomic E-state index is 13.1. The molecule has 2 rings (SSSR count). The molecule has 27 heavy (non-hydrogen) atoms. The Morgan fingerprint density at radius 2 is 1.81 bits per heavy atom. The normalized spacial score (nSPS) is 11.9. The number of ether oxygens (including phenoxy) is 1. The van der Waals surface area contributed by atoms with E-state index in [0.717, 1.165) is 12.0 Å². The molecular weight excluding hydrogens is 366 g/mol. The lowest BCUT2D eigenvalue weighted by Gasteiger charge is -2.22. The summed E-state index contributed by atoms with van der Waals surface area (Å²) in [5.74, 6) is -0.968. The van der Waals surface area contributed by atoms with Crippen LogP contribution in [0.15, 0.2) is 47.4 Å². The summed E-state index contributed by atoms with van der Waals surface area (Å²) in [4.78, 5) is 11.4. The molecular formula is C20H25NO5S. The Kier molecular flexibility index (Phi) is 6.15. The van der Waals surface area contributed by atoms with Crippen LogP contribution in [0.4, 0.5) is 5.69 Å². The van der Waals surface area contributed by atoms with Gasteiger partial charge in [0.15, 0.2) is 0 Å². The van der Waals surface area contributed by atoms with E-state index in [9.17, 15) is 18.3 Å². The summed E-state index contributed by atoms with van der Waals surface area (Å²) in [6.45, 7) is 8.26. The first-order valence-corrected chi connectivity index (χ1v) is 10.2. The molecule has 0 aliphatic rings. The number of hydrogen-bond acceptors (Lipinski definition) is 4. The Labute approximate surface area is 160 Å². The molecule has 0 aliphatic carbocycles. The van der Waals surface area contributed by atoms with Crippen molar-refractivity contribution in [1.82, 2.24) is 0 Å². The number of hydrogen-bond donors (Lipinski definition) is 2. The molecule has 0 aromatic heterocycles. The Morgan fingerprint density at radius 1 is 1.15 bits per heavy atom. The summed E-state index contributed by atoms with van der Waals surface area (Å²) in [5, 5.41) is 9.30. The van der Waals surface area contributed by atoms with Crippen LogP contribution >= 0.6 is 0 Å². The summed E-state index contributed by atoms with van der Waals surface area (Å²) < 4.78 is 34.1. The van der Waals surface area contributed by atoms with Crippen molar-refractivity contribution in [2.75, 3.05) is 11.3 Å². The monoisotopic (exact) mass is 391 g/mol. The molecule has 146 valence electrons. The molecule has 0 aliphatic heterocycles. The van der Waals surface area contributed by atoms with E-state index < -0.39 is 16.0 Å². The molecule has 2 aromatic rings. The number of carbonyl (C=O) groups is 1. The summed E-state index contributed by atoms with van der Waals surface area (Å²) in [6, 6.07) is 10.9. The number of benzene rings is 2. The van der Waals surface area contributed by atoms with Crippen LogP contribution in [0.5, 0.6) is 5.75 Å². The average molecular weight is 391 g/mol. The van der Waals surface area contributed by atoms with Gasteiger partial charge >= 0.3 is 5.97 Å². The van der Waals surface area contributed by atoms with Crippen molar-refractivity contribution >= 4 is 21.7 Å². The van der Waals surface area contributed by atoms with E-state index in [2.05, 4.69) is 4.72 Å². The van der Waals surface area contributed by atoms with E-state index in [4.69, 9.17) is 4.74 Å². The van der Waals surface area contributed by atoms with E-state index in [-0.39, 0.29) is 27.3 Å². The number of aromatic carboxylic acids is 1. The summed E-state index contributed by atoms with van der Waals surface area (Å²) in [7, 11) is -4.05. The maximum atomic E-state index is 13.1. The fraction of sp³-hybridized carbons (Fsp3) is 0.350. The minimum Gasteiger partial charge on any atom is -0.492 e. The molecule has 0 unspecified atom stereocenters. The molecule has 2 N–H and O–H groups in total. The predicted octanol–water partition coefficient (Wildman–Crippen LogP) is 4.27. The van der Waals surface area contributed by atoms with E-state index in [0.29, 0.717) is 6.61 Å². The maximum Gasteiger partial charge on any atom is 0.337 e. The standard InChI is InChI=1S/C20H25NO5S/c1-5-12-26-17-11-10-14(20(2,3)4)13-18(17)27(24,25)21-16-9-7-6-8-15(16)19(22)23/h6-11,13,21H,5,12H2,1-4H3,(H,22,23). The largest absolute Gasteiger partial charge is 0.492 e. The molecule has 0 atom stereocenters. The highest BCUT2D eigenvalue weighted by molar-refractivity contribution is 7.92. The van der Waals surface area contributed by atoms with Gasteiger partial charge in [0.25, 0.3) is 10.0 Å². The highest BCUT2D eigenvalue weighted by atomic mass is 32.2. The fourth-order valence-corrected chi connectivity index (χ4v) is 3.73. The van der Waals surface area contributed by atoms with Crippen molar-refractivity contribution in [2.45, 2.75) is 44.4 Å². The zero-order valence-corrected chi connectivity index (χ0v) is 16.8. The first-order valence-electron chi connectivity index (χ1n) is 8.68. The lowest BCUT2D eigenvalue weighted by molar-refractivity contribution is 0.0698. The third kappa shape index (κ3) is 5.01. The van der Waals surface area contributed by atoms with Crippen LogP contribution in [0.2, 0.25) is 0 Å². The first kappa shape index (κ1) is 20.8. The van der Waals surface area contributed by atoms with Crippen molar-refractivity contribution in [1.29, 1.82) is 0 Å². The summed E-state index contributed by atoms with van der Waals surface area (Å²) >= 11 is 0. The minimum atomic E-state index is -4.05. The number of anilines is 1. The van der Waals surface area contributed by atoms with E-state index in [1.165, 1.54) is 18.2 Å². The van der Waals surface area contributed by atoms with Gasteiger partial charge in [-0.25, -0.2) is 13.2 Å². The number of carboxylic acid groups (broad SMARTS) is 1. The summed E-state index contributed by atoms with van der Waals surface area (Å²) in [5.41, 5.74) is 0.460. The zero-order chi connectivity index (χ0) is 20.2. The topological polar surface area (TPSA) is 92.7 Å².